The summed E-state index contributed by atoms with van der Waals surface area (Å²) in [5, 5.41) is 11.5. The molecule has 0 spiro atoms. The maximum atomic E-state index is 17.3. The molecule has 194 valence electrons. The molecule has 3 fully saturated rings. The zero-order chi connectivity index (χ0) is 25.8. The molecule has 4 rings (SSSR count). The highest BCUT2D eigenvalue weighted by Crippen LogP contribution is 2.71. The molecule has 0 amide bonds. The first-order chi connectivity index (χ1) is 16.4. The smallest absolute Gasteiger partial charge is 0.305 e. The predicted octanol–water partition coefficient (Wildman–Crippen LogP) is 3.48. The summed E-state index contributed by atoms with van der Waals surface area (Å²) in [6, 6.07) is 0. The molecule has 4 aliphatic carbocycles. The number of rotatable bonds is 7. The normalized spacial score (nSPS) is 44.2. The van der Waals surface area contributed by atoms with Crippen LogP contribution < -0.4 is 0 Å². The van der Waals surface area contributed by atoms with E-state index in [1.165, 1.54) is 19.3 Å². The summed E-state index contributed by atoms with van der Waals surface area (Å²) in [5.74, 6) is -2.17. The van der Waals surface area contributed by atoms with Gasteiger partial charge in [-0.05, 0) is 56.6 Å². The quantitative estimate of drug-likeness (QED) is 0.429. The average Bonchev–Trinajstić information content (AvgIpc) is 3.04. The van der Waals surface area contributed by atoms with Gasteiger partial charge in [0, 0.05) is 30.3 Å². The van der Waals surface area contributed by atoms with E-state index in [0.717, 1.165) is 0 Å². The van der Waals surface area contributed by atoms with Crippen LogP contribution in [-0.2, 0) is 28.6 Å². The van der Waals surface area contributed by atoms with Crippen molar-refractivity contribution in [3.8, 4) is 0 Å². The number of fused-ring (bicyclic) bond motifs is 5. The number of ketones is 2. The van der Waals surface area contributed by atoms with E-state index >= 15 is 4.39 Å². The van der Waals surface area contributed by atoms with Gasteiger partial charge in [-0.25, -0.2) is 4.39 Å². The van der Waals surface area contributed by atoms with Gasteiger partial charge in [0.1, 0.15) is 12.4 Å². The molecule has 8 heteroatoms. The first-order valence-electron chi connectivity index (χ1n) is 12.5. The van der Waals surface area contributed by atoms with Crippen molar-refractivity contribution in [1.29, 1.82) is 0 Å². The van der Waals surface area contributed by atoms with Crippen LogP contribution in [0.1, 0.15) is 59.8 Å². The van der Waals surface area contributed by atoms with E-state index < -0.39 is 52.5 Å². The molecule has 8 atom stereocenters. The van der Waals surface area contributed by atoms with Gasteiger partial charge >= 0.3 is 5.97 Å². The fourth-order valence-electron chi connectivity index (χ4n) is 8.02. The van der Waals surface area contributed by atoms with E-state index in [0.29, 0.717) is 24.8 Å². The number of esters is 1. The lowest BCUT2D eigenvalue weighted by Crippen LogP contribution is -2.70. The van der Waals surface area contributed by atoms with Gasteiger partial charge in [0.25, 0.3) is 0 Å². The van der Waals surface area contributed by atoms with Crippen LogP contribution in [0.5, 0.6) is 0 Å². The Morgan fingerprint density at radius 2 is 1.97 bits per heavy atom. The number of alkyl halides is 1. The Morgan fingerprint density at radius 1 is 1.26 bits per heavy atom. The van der Waals surface area contributed by atoms with E-state index in [1.807, 2.05) is 13.8 Å². The second-order valence-corrected chi connectivity index (χ2v) is 11.1. The second kappa shape index (κ2) is 8.89. The van der Waals surface area contributed by atoms with Crippen molar-refractivity contribution < 1.29 is 38.1 Å². The molecule has 35 heavy (non-hydrogen) atoms. The molecule has 0 aliphatic heterocycles. The SMILES string of the molecule is CCC(=O)OCC(=O)[C@@]1(OCOC)C(C)C[C@H]2[C@@H]3CCC4=CC(=O)C=C[C@]4(C)[C@@]3(F)C(O)C[C@@]21C. The minimum absolute atomic E-state index is 0.00313. The average molecular weight is 493 g/mol. The highest BCUT2D eigenvalue weighted by Gasteiger charge is 2.76. The summed E-state index contributed by atoms with van der Waals surface area (Å²) >= 11 is 0. The van der Waals surface area contributed by atoms with E-state index in [2.05, 4.69) is 0 Å². The van der Waals surface area contributed by atoms with Crippen LogP contribution in [0.3, 0.4) is 0 Å². The Morgan fingerprint density at radius 3 is 2.63 bits per heavy atom. The number of methoxy groups -OCH3 is 1. The lowest BCUT2D eigenvalue weighted by Gasteiger charge is -2.63. The van der Waals surface area contributed by atoms with E-state index in [4.69, 9.17) is 14.2 Å². The number of carbonyl (C=O) groups excluding carboxylic acids is 3. The Hall–Kier alpha value is -1.90. The van der Waals surface area contributed by atoms with Crippen LogP contribution in [-0.4, -0.2) is 60.5 Å². The Bertz CT molecular complexity index is 975. The Balaban J connectivity index is 1.77. The number of hydrogen-bond acceptors (Lipinski definition) is 7. The molecule has 4 aliphatic rings. The summed E-state index contributed by atoms with van der Waals surface area (Å²) in [6.07, 6.45) is 4.80. The molecule has 2 unspecified atom stereocenters. The van der Waals surface area contributed by atoms with Gasteiger partial charge in [-0.2, -0.15) is 0 Å². The van der Waals surface area contributed by atoms with Crippen molar-refractivity contribution in [1.82, 2.24) is 0 Å². The zero-order valence-corrected chi connectivity index (χ0v) is 21.3. The molecule has 1 N–H and O–H groups in total. The number of carbonyl (C=O) groups is 3. The van der Waals surface area contributed by atoms with Crippen molar-refractivity contribution >= 4 is 17.5 Å². The number of aliphatic hydroxyl groups is 1. The summed E-state index contributed by atoms with van der Waals surface area (Å²) in [7, 11) is 1.46. The fourth-order valence-corrected chi connectivity index (χ4v) is 8.02. The molecule has 0 heterocycles. The molecule has 3 saturated carbocycles. The lowest BCUT2D eigenvalue weighted by molar-refractivity contribution is -0.243. The molecular weight excluding hydrogens is 455 g/mol. The molecule has 0 bridgehead atoms. The molecule has 7 nitrogen and oxygen atoms in total. The van der Waals surface area contributed by atoms with Gasteiger partial charge in [-0.3, -0.25) is 14.4 Å². The van der Waals surface area contributed by atoms with Crippen molar-refractivity contribution in [2.45, 2.75) is 77.2 Å². The summed E-state index contributed by atoms with van der Waals surface area (Å²) in [4.78, 5) is 37.6. The lowest BCUT2D eigenvalue weighted by atomic mass is 9.44. The summed E-state index contributed by atoms with van der Waals surface area (Å²) in [6.45, 7) is 6.62. The van der Waals surface area contributed by atoms with Gasteiger partial charge in [0.2, 0.25) is 5.78 Å². The topological polar surface area (TPSA) is 99.1 Å². The van der Waals surface area contributed by atoms with Gasteiger partial charge in [-0.1, -0.05) is 32.4 Å². The standard InChI is InChI=1S/C27H37FO7/c1-6-23(32)34-14-22(31)27(35-15-33-5)16(2)11-20-19-8-7-17-12-18(29)9-10-24(17,3)26(19,28)21(30)13-25(20,27)4/h9-10,12,16,19-21,30H,6-8,11,13-15H2,1-5H3/t16?,19-,20-,21?,24-,25-,26-,27-/m0/s1. The third-order valence-electron chi connectivity index (χ3n) is 9.65. The molecule has 0 aromatic rings. The molecular formula is C27H37FO7. The first kappa shape index (κ1) is 26.2. The molecule has 0 aromatic carbocycles. The monoisotopic (exact) mass is 492 g/mol. The van der Waals surface area contributed by atoms with Crippen molar-refractivity contribution in [3.05, 3.63) is 23.8 Å². The van der Waals surface area contributed by atoms with Crippen molar-refractivity contribution in [2.75, 3.05) is 20.5 Å². The maximum absolute atomic E-state index is 17.3. The highest BCUT2D eigenvalue weighted by atomic mass is 19.1. The third kappa shape index (κ3) is 3.43. The van der Waals surface area contributed by atoms with Crippen LogP contribution in [0.15, 0.2) is 23.8 Å². The number of hydrogen-bond donors (Lipinski definition) is 1. The van der Waals surface area contributed by atoms with Gasteiger partial charge in [-0.15, -0.1) is 0 Å². The number of allylic oxidation sites excluding steroid dienone is 4. The van der Waals surface area contributed by atoms with Gasteiger partial charge in [0.15, 0.2) is 18.1 Å². The van der Waals surface area contributed by atoms with E-state index in [-0.39, 0.29) is 37.3 Å². The predicted molar refractivity (Wildman–Crippen MR) is 125 cm³/mol. The first-order valence-corrected chi connectivity index (χ1v) is 12.5. The number of ether oxygens (including phenoxy) is 3. The molecule has 0 saturated heterocycles. The van der Waals surface area contributed by atoms with Gasteiger partial charge < -0.3 is 19.3 Å². The number of aliphatic hydroxyl groups excluding tert-OH is 1. The fraction of sp³-hybridized carbons (Fsp3) is 0.741. The van der Waals surface area contributed by atoms with E-state index in [1.54, 1.807) is 19.9 Å². The summed E-state index contributed by atoms with van der Waals surface area (Å²) < 4.78 is 33.9. The van der Waals surface area contributed by atoms with Crippen LogP contribution in [0.2, 0.25) is 0 Å². The Labute approximate surface area is 206 Å². The summed E-state index contributed by atoms with van der Waals surface area (Å²) in [5.41, 5.74) is -4.70. The van der Waals surface area contributed by atoms with Crippen molar-refractivity contribution in [2.24, 2.45) is 28.6 Å². The van der Waals surface area contributed by atoms with Gasteiger partial charge in [0.05, 0.1) is 6.10 Å². The van der Waals surface area contributed by atoms with Crippen LogP contribution in [0.25, 0.3) is 0 Å². The molecule has 0 aromatic heterocycles. The number of Topliss-reactive ketones (excluding diaryl/α,β-unsaturated/α-hetero) is 1. The number of halogens is 1. The van der Waals surface area contributed by atoms with Crippen LogP contribution in [0.4, 0.5) is 4.39 Å². The minimum atomic E-state index is -1.99. The van der Waals surface area contributed by atoms with Crippen LogP contribution >= 0.6 is 0 Å². The van der Waals surface area contributed by atoms with Crippen LogP contribution in [0, 0.1) is 28.6 Å². The minimum Gasteiger partial charge on any atom is -0.458 e. The maximum Gasteiger partial charge on any atom is 0.305 e. The third-order valence-corrected chi connectivity index (χ3v) is 9.65. The second-order valence-electron chi connectivity index (χ2n) is 11.1. The highest BCUT2D eigenvalue weighted by molar-refractivity contribution is 6.01. The largest absolute Gasteiger partial charge is 0.458 e. The zero-order valence-electron chi connectivity index (χ0n) is 21.3. The van der Waals surface area contributed by atoms with Crippen molar-refractivity contribution in [3.63, 3.8) is 0 Å². The Kier molecular flexibility index (Phi) is 6.65. The molecule has 0 radical (unpaired) electrons. The van der Waals surface area contributed by atoms with E-state index in [9.17, 15) is 19.5 Å².